The van der Waals surface area contributed by atoms with Gasteiger partial charge in [0.1, 0.15) is 6.54 Å². The summed E-state index contributed by atoms with van der Waals surface area (Å²) in [7, 11) is 0. The minimum Gasteiger partial charge on any atom is -0.355 e. The third-order valence-corrected chi connectivity index (χ3v) is 2.90. The van der Waals surface area contributed by atoms with E-state index in [1.54, 1.807) is 12.1 Å². The maximum absolute atomic E-state index is 11.8. The Balaban J connectivity index is 2.62. The van der Waals surface area contributed by atoms with E-state index >= 15 is 0 Å². The van der Waals surface area contributed by atoms with Crippen molar-refractivity contribution in [1.82, 2.24) is 9.88 Å². The molecule has 1 aromatic rings. The van der Waals surface area contributed by atoms with Crippen LogP contribution in [0.15, 0.2) is 16.9 Å². The molecule has 0 radical (unpaired) electrons. The lowest BCUT2D eigenvalue weighted by Gasteiger charge is -2.14. The summed E-state index contributed by atoms with van der Waals surface area (Å²) in [5.74, 6) is 0.576. The molecule has 0 aromatic carbocycles. The Bertz CT molecular complexity index is 449. The molecule has 4 nitrogen and oxygen atoms in total. The summed E-state index contributed by atoms with van der Waals surface area (Å²) in [6, 6.07) is 3.10. The van der Waals surface area contributed by atoms with Crippen LogP contribution in [0.4, 0.5) is 0 Å². The van der Waals surface area contributed by atoms with Gasteiger partial charge in [-0.15, -0.1) is 0 Å². The Labute approximate surface area is 108 Å². The van der Waals surface area contributed by atoms with Gasteiger partial charge in [-0.25, -0.2) is 0 Å². The van der Waals surface area contributed by atoms with Gasteiger partial charge in [-0.2, -0.15) is 0 Å². The van der Waals surface area contributed by atoms with Crippen LogP contribution in [-0.4, -0.2) is 17.0 Å². The van der Waals surface area contributed by atoms with E-state index in [1.807, 2.05) is 18.4 Å². The van der Waals surface area contributed by atoms with Gasteiger partial charge in [-0.05, 0) is 26.2 Å². The molecule has 1 rings (SSSR count). The Morgan fingerprint density at radius 1 is 1.28 bits per heavy atom. The molecule has 0 unspecified atom stereocenters. The molecule has 100 valence electrons. The van der Waals surface area contributed by atoms with Crippen LogP contribution in [0.25, 0.3) is 0 Å². The highest BCUT2D eigenvalue weighted by molar-refractivity contribution is 5.75. The molecular weight excluding hydrogens is 228 g/mol. The molecule has 0 bridgehead atoms. The van der Waals surface area contributed by atoms with Crippen molar-refractivity contribution in [3.05, 3.63) is 33.7 Å². The summed E-state index contributed by atoms with van der Waals surface area (Å²) in [4.78, 5) is 23.1. The standard InChI is InChI=1S/C14H22N2O2/c1-10(2)5-6-15-14(18)9-16-11(3)7-13(17)8-12(16)4/h7-8,10H,5-6,9H2,1-4H3,(H,15,18). The summed E-state index contributed by atoms with van der Waals surface area (Å²) in [6.45, 7) is 8.92. The molecule has 1 heterocycles. The van der Waals surface area contributed by atoms with Crippen LogP contribution >= 0.6 is 0 Å². The van der Waals surface area contributed by atoms with E-state index in [0.29, 0.717) is 12.5 Å². The molecule has 1 N–H and O–H groups in total. The van der Waals surface area contributed by atoms with Gasteiger partial charge in [0.25, 0.3) is 0 Å². The van der Waals surface area contributed by atoms with E-state index in [-0.39, 0.29) is 17.9 Å². The largest absolute Gasteiger partial charge is 0.355 e. The topological polar surface area (TPSA) is 51.1 Å². The van der Waals surface area contributed by atoms with Crippen molar-refractivity contribution in [2.45, 2.75) is 40.7 Å². The van der Waals surface area contributed by atoms with Gasteiger partial charge in [0, 0.05) is 30.1 Å². The zero-order chi connectivity index (χ0) is 13.7. The molecule has 0 saturated carbocycles. The second-order valence-corrected chi connectivity index (χ2v) is 5.09. The minimum absolute atomic E-state index is 0.00880. The summed E-state index contributed by atoms with van der Waals surface area (Å²) in [5, 5.41) is 2.89. The molecule has 0 aliphatic rings. The zero-order valence-corrected chi connectivity index (χ0v) is 11.6. The van der Waals surface area contributed by atoms with Crippen LogP contribution in [0.5, 0.6) is 0 Å². The van der Waals surface area contributed by atoms with Crippen LogP contribution in [0.1, 0.15) is 31.7 Å². The molecular formula is C14H22N2O2. The highest BCUT2D eigenvalue weighted by Crippen LogP contribution is 2.01. The first kappa shape index (κ1) is 14.5. The van der Waals surface area contributed by atoms with E-state index in [4.69, 9.17) is 0 Å². The highest BCUT2D eigenvalue weighted by Gasteiger charge is 2.07. The maximum Gasteiger partial charge on any atom is 0.239 e. The van der Waals surface area contributed by atoms with E-state index in [0.717, 1.165) is 17.8 Å². The average molecular weight is 250 g/mol. The fourth-order valence-electron chi connectivity index (χ4n) is 1.84. The number of nitrogens with zero attached hydrogens (tertiary/aromatic N) is 1. The van der Waals surface area contributed by atoms with Crippen molar-refractivity contribution < 1.29 is 4.79 Å². The van der Waals surface area contributed by atoms with Crippen molar-refractivity contribution in [2.75, 3.05) is 6.54 Å². The van der Waals surface area contributed by atoms with Gasteiger partial charge in [0.05, 0.1) is 0 Å². The quantitative estimate of drug-likeness (QED) is 0.863. The van der Waals surface area contributed by atoms with Crippen molar-refractivity contribution in [3.8, 4) is 0 Å². The van der Waals surface area contributed by atoms with Gasteiger partial charge in [-0.3, -0.25) is 9.59 Å². The fourth-order valence-corrected chi connectivity index (χ4v) is 1.84. The predicted molar refractivity (Wildman–Crippen MR) is 72.6 cm³/mol. The van der Waals surface area contributed by atoms with E-state index < -0.39 is 0 Å². The molecule has 1 aromatic heterocycles. The number of aromatic nitrogens is 1. The first-order chi connectivity index (χ1) is 8.40. The number of pyridine rings is 1. The average Bonchev–Trinajstić information content (AvgIpc) is 2.22. The van der Waals surface area contributed by atoms with Gasteiger partial charge in [-0.1, -0.05) is 13.8 Å². The molecule has 0 atom stereocenters. The van der Waals surface area contributed by atoms with Crippen LogP contribution in [0, 0.1) is 19.8 Å². The Morgan fingerprint density at radius 2 is 1.83 bits per heavy atom. The van der Waals surface area contributed by atoms with Crippen LogP contribution in [0.2, 0.25) is 0 Å². The molecule has 0 spiro atoms. The lowest BCUT2D eigenvalue weighted by molar-refractivity contribution is -0.121. The zero-order valence-electron chi connectivity index (χ0n) is 11.6. The molecule has 1 amide bonds. The molecule has 0 saturated heterocycles. The summed E-state index contributed by atoms with van der Waals surface area (Å²) >= 11 is 0. The van der Waals surface area contributed by atoms with Crippen LogP contribution < -0.4 is 10.7 Å². The minimum atomic E-state index is -0.0125. The Morgan fingerprint density at radius 3 is 2.33 bits per heavy atom. The second kappa shape index (κ2) is 6.38. The number of nitrogens with one attached hydrogen (secondary N) is 1. The summed E-state index contributed by atoms with van der Waals surface area (Å²) < 4.78 is 1.85. The Hall–Kier alpha value is -1.58. The van der Waals surface area contributed by atoms with E-state index in [9.17, 15) is 9.59 Å². The Kier molecular flexibility index (Phi) is 5.13. The monoisotopic (exact) mass is 250 g/mol. The molecule has 18 heavy (non-hydrogen) atoms. The fraction of sp³-hybridized carbons (Fsp3) is 0.571. The molecule has 4 heteroatoms. The van der Waals surface area contributed by atoms with Crippen molar-refractivity contribution in [3.63, 3.8) is 0 Å². The number of carbonyl (C=O) groups excluding carboxylic acids is 1. The smallest absolute Gasteiger partial charge is 0.239 e. The van der Waals surface area contributed by atoms with Crippen LogP contribution in [-0.2, 0) is 11.3 Å². The first-order valence-corrected chi connectivity index (χ1v) is 6.35. The summed E-state index contributed by atoms with van der Waals surface area (Å²) in [5.41, 5.74) is 1.62. The first-order valence-electron chi connectivity index (χ1n) is 6.35. The third-order valence-electron chi connectivity index (χ3n) is 2.90. The van der Waals surface area contributed by atoms with Crippen molar-refractivity contribution >= 4 is 5.91 Å². The van der Waals surface area contributed by atoms with E-state index in [2.05, 4.69) is 19.2 Å². The highest BCUT2D eigenvalue weighted by atomic mass is 16.2. The van der Waals surface area contributed by atoms with Crippen molar-refractivity contribution in [1.29, 1.82) is 0 Å². The predicted octanol–water partition coefficient (Wildman–Crippen LogP) is 1.63. The van der Waals surface area contributed by atoms with Gasteiger partial charge < -0.3 is 9.88 Å². The van der Waals surface area contributed by atoms with Crippen molar-refractivity contribution in [2.24, 2.45) is 5.92 Å². The van der Waals surface area contributed by atoms with Gasteiger partial charge in [0.15, 0.2) is 5.43 Å². The normalized spacial score (nSPS) is 10.7. The number of rotatable bonds is 5. The van der Waals surface area contributed by atoms with E-state index in [1.165, 1.54) is 0 Å². The maximum atomic E-state index is 11.8. The third kappa shape index (κ3) is 4.35. The lowest BCUT2D eigenvalue weighted by atomic mass is 10.1. The number of hydrogen-bond donors (Lipinski definition) is 1. The second-order valence-electron chi connectivity index (χ2n) is 5.09. The number of hydrogen-bond acceptors (Lipinski definition) is 2. The number of amides is 1. The number of aryl methyl sites for hydroxylation is 2. The molecule has 0 fully saturated rings. The van der Waals surface area contributed by atoms with Gasteiger partial charge in [0.2, 0.25) is 5.91 Å². The molecule has 0 aliphatic heterocycles. The van der Waals surface area contributed by atoms with Crippen LogP contribution in [0.3, 0.4) is 0 Å². The lowest BCUT2D eigenvalue weighted by Crippen LogP contribution is -2.30. The molecule has 0 aliphatic carbocycles. The SMILES string of the molecule is Cc1cc(=O)cc(C)n1CC(=O)NCCC(C)C. The number of carbonyl (C=O) groups is 1. The summed E-state index contributed by atoms with van der Waals surface area (Å²) in [6.07, 6.45) is 0.980. The van der Waals surface area contributed by atoms with Gasteiger partial charge >= 0.3 is 0 Å².